The van der Waals surface area contributed by atoms with Crippen LogP contribution in [0.3, 0.4) is 0 Å². The lowest BCUT2D eigenvalue weighted by Gasteiger charge is -2.43. The molecule has 150 valence electrons. The molecule has 0 amide bonds. The fourth-order valence-corrected chi connectivity index (χ4v) is 6.52. The van der Waals surface area contributed by atoms with E-state index in [0.717, 1.165) is 21.0 Å². The molecular weight excluding hydrogens is 407 g/mol. The van der Waals surface area contributed by atoms with E-state index in [1.165, 1.54) is 17.4 Å². The first-order valence-electron chi connectivity index (χ1n) is 9.17. The van der Waals surface area contributed by atoms with Gasteiger partial charge in [0.2, 0.25) is 0 Å². The van der Waals surface area contributed by atoms with Crippen LogP contribution in [-0.4, -0.2) is 24.8 Å². The average molecular weight is 429 g/mol. The van der Waals surface area contributed by atoms with Crippen molar-refractivity contribution in [3.8, 4) is 11.8 Å². The van der Waals surface area contributed by atoms with Gasteiger partial charge in [0, 0.05) is 21.0 Å². The van der Waals surface area contributed by atoms with Crippen LogP contribution in [0.4, 0.5) is 4.39 Å². The van der Waals surface area contributed by atoms with E-state index in [0.29, 0.717) is 10.3 Å². The number of amidine groups is 1. The normalized spacial score (nSPS) is 22.9. The predicted octanol–water partition coefficient (Wildman–Crippen LogP) is 4.55. The van der Waals surface area contributed by atoms with E-state index in [-0.39, 0.29) is 17.4 Å². The zero-order valence-corrected chi connectivity index (χ0v) is 18.2. The van der Waals surface area contributed by atoms with Gasteiger partial charge in [0.1, 0.15) is 16.4 Å². The number of hydrogen-bond donors (Lipinski definition) is 2. The van der Waals surface area contributed by atoms with Gasteiger partial charge in [-0.15, -0.1) is 17.3 Å². The Hall–Kier alpha value is -2.43. The number of benzene rings is 2. The Bertz CT molecular complexity index is 1360. The molecule has 0 saturated carbocycles. The smallest absolute Gasteiger partial charge is 0.165 e. The summed E-state index contributed by atoms with van der Waals surface area (Å²) < 4.78 is 40.5. The quantitative estimate of drug-likeness (QED) is 0.559. The van der Waals surface area contributed by atoms with Gasteiger partial charge in [-0.05, 0) is 57.5 Å². The minimum absolute atomic E-state index is 0.0203. The molecule has 29 heavy (non-hydrogen) atoms. The van der Waals surface area contributed by atoms with Gasteiger partial charge in [0.15, 0.2) is 9.84 Å². The summed E-state index contributed by atoms with van der Waals surface area (Å²) in [5, 5.41) is 13.0. The van der Waals surface area contributed by atoms with E-state index in [9.17, 15) is 12.8 Å². The van der Waals surface area contributed by atoms with Crippen molar-refractivity contribution in [2.75, 3.05) is 5.75 Å². The van der Waals surface area contributed by atoms with Crippen LogP contribution in [0, 0.1) is 23.1 Å². The summed E-state index contributed by atoms with van der Waals surface area (Å²) in [6, 6.07) is 8.97. The highest BCUT2D eigenvalue weighted by atomic mass is 32.2. The zero-order chi connectivity index (χ0) is 21.2. The molecule has 2 N–H and O–H groups in total. The number of hydrogen-bond acceptors (Lipinski definition) is 4. The Labute approximate surface area is 173 Å². The lowest BCUT2D eigenvalue weighted by Crippen LogP contribution is -2.63. The van der Waals surface area contributed by atoms with E-state index >= 15 is 0 Å². The minimum atomic E-state index is -3.53. The SMILES string of the molecule is CC#Cc1cc(F)c2sc3ccc([C@]4(C)CS(=O)(=O)C(C)(C)C(=N)N4)cc3c2c1. The summed E-state index contributed by atoms with van der Waals surface area (Å²) in [4.78, 5) is 0. The van der Waals surface area contributed by atoms with E-state index in [1.807, 2.05) is 24.3 Å². The number of nitrogens with one attached hydrogen (secondary N) is 2. The molecule has 0 spiro atoms. The monoisotopic (exact) mass is 428 g/mol. The maximum atomic E-state index is 14.6. The molecule has 2 heterocycles. The van der Waals surface area contributed by atoms with Crippen molar-refractivity contribution < 1.29 is 12.8 Å². The summed E-state index contributed by atoms with van der Waals surface area (Å²) in [6.07, 6.45) is 0. The fraction of sp³-hybridized carbons (Fsp3) is 0.318. The number of sulfone groups is 1. The summed E-state index contributed by atoms with van der Waals surface area (Å²) in [7, 11) is -3.53. The van der Waals surface area contributed by atoms with Crippen molar-refractivity contribution in [1.29, 1.82) is 5.41 Å². The van der Waals surface area contributed by atoms with E-state index in [1.54, 1.807) is 27.7 Å². The van der Waals surface area contributed by atoms with Crippen molar-refractivity contribution in [2.45, 2.75) is 38.0 Å². The lowest BCUT2D eigenvalue weighted by molar-refractivity contribution is 0.443. The van der Waals surface area contributed by atoms with E-state index < -0.39 is 20.1 Å². The van der Waals surface area contributed by atoms with Gasteiger partial charge >= 0.3 is 0 Å². The first-order chi connectivity index (χ1) is 13.5. The summed E-state index contributed by atoms with van der Waals surface area (Å²) in [5.74, 6) is 5.24. The van der Waals surface area contributed by atoms with Crippen molar-refractivity contribution in [2.24, 2.45) is 0 Å². The number of thiophene rings is 1. The van der Waals surface area contributed by atoms with Crippen LogP contribution >= 0.6 is 11.3 Å². The van der Waals surface area contributed by atoms with Crippen LogP contribution in [-0.2, 0) is 15.4 Å². The summed E-state index contributed by atoms with van der Waals surface area (Å²) >= 11 is 1.37. The van der Waals surface area contributed by atoms with Gasteiger partial charge < -0.3 is 5.32 Å². The molecule has 1 saturated heterocycles. The van der Waals surface area contributed by atoms with Gasteiger partial charge in [-0.2, -0.15) is 0 Å². The lowest BCUT2D eigenvalue weighted by atomic mass is 9.91. The van der Waals surface area contributed by atoms with Gasteiger partial charge in [0.25, 0.3) is 0 Å². The number of rotatable bonds is 1. The third kappa shape index (κ3) is 2.93. The van der Waals surface area contributed by atoms with Crippen LogP contribution < -0.4 is 5.32 Å². The number of fused-ring (bicyclic) bond motifs is 3. The molecule has 1 atom stereocenters. The molecule has 2 aromatic carbocycles. The number of halogens is 1. The third-order valence-electron chi connectivity index (χ3n) is 5.69. The molecule has 1 fully saturated rings. The molecule has 7 heteroatoms. The fourth-order valence-electron chi connectivity index (χ4n) is 3.73. The van der Waals surface area contributed by atoms with E-state index in [2.05, 4.69) is 17.2 Å². The molecule has 4 nitrogen and oxygen atoms in total. The molecular formula is C22H21FN2O2S2. The molecule has 4 rings (SSSR count). The second kappa shape index (κ2) is 6.28. The Kier molecular flexibility index (Phi) is 4.30. The molecule has 3 aromatic rings. The first-order valence-corrected chi connectivity index (χ1v) is 11.6. The highest BCUT2D eigenvalue weighted by Crippen LogP contribution is 2.40. The standard InChI is InChI=1S/C22H21FN2O2S2/c1-5-6-13-9-16-15-11-14(7-8-18(15)28-19(16)17(23)10-13)22(4)12-29(26,27)21(2,3)20(24)25-22/h7-11H,12H2,1-4H3,(H2,24,25)/t22-/m0/s1. The largest absolute Gasteiger partial charge is 0.362 e. The van der Waals surface area contributed by atoms with Crippen molar-refractivity contribution >= 4 is 47.2 Å². The Balaban J connectivity index is 1.92. The highest BCUT2D eigenvalue weighted by molar-refractivity contribution is 7.93. The van der Waals surface area contributed by atoms with Crippen LogP contribution in [0.2, 0.25) is 0 Å². The minimum Gasteiger partial charge on any atom is -0.362 e. The average Bonchev–Trinajstić information content (AvgIpc) is 2.99. The maximum absolute atomic E-state index is 14.6. The molecule has 1 aliphatic rings. The third-order valence-corrected chi connectivity index (χ3v) is 9.60. The maximum Gasteiger partial charge on any atom is 0.165 e. The molecule has 1 aliphatic heterocycles. The first kappa shape index (κ1) is 19.9. The van der Waals surface area contributed by atoms with Crippen molar-refractivity contribution in [1.82, 2.24) is 5.32 Å². The van der Waals surface area contributed by atoms with Crippen LogP contribution in [0.5, 0.6) is 0 Å². The highest BCUT2D eigenvalue weighted by Gasteiger charge is 2.50. The van der Waals surface area contributed by atoms with E-state index in [4.69, 9.17) is 5.41 Å². The molecule has 0 aliphatic carbocycles. The zero-order valence-electron chi connectivity index (χ0n) is 16.6. The van der Waals surface area contributed by atoms with Gasteiger partial charge in [0.05, 0.1) is 16.0 Å². The van der Waals surface area contributed by atoms with Crippen LogP contribution in [0.25, 0.3) is 20.2 Å². The van der Waals surface area contributed by atoms with Crippen LogP contribution in [0.15, 0.2) is 30.3 Å². The Morgan fingerprint density at radius 3 is 2.55 bits per heavy atom. The van der Waals surface area contributed by atoms with Crippen molar-refractivity contribution in [3.05, 3.63) is 47.3 Å². The van der Waals surface area contributed by atoms with Gasteiger partial charge in [-0.3, -0.25) is 5.41 Å². The van der Waals surface area contributed by atoms with Gasteiger partial charge in [-0.25, -0.2) is 12.8 Å². The molecule has 0 unspecified atom stereocenters. The second-order valence-corrected chi connectivity index (χ2v) is 11.7. The Morgan fingerprint density at radius 2 is 1.90 bits per heavy atom. The van der Waals surface area contributed by atoms with Gasteiger partial charge in [-0.1, -0.05) is 12.0 Å². The summed E-state index contributed by atoms with van der Waals surface area (Å²) in [5.41, 5.74) is 0.421. The second-order valence-electron chi connectivity index (χ2n) is 8.12. The molecule has 1 aromatic heterocycles. The molecule has 0 bridgehead atoms. The Morgan fingerprint density at radius 1 is 1.17 bits per heavy atom. The molecule has 0 radical (unpaired) electrons. The topological polar surface area (TPSA) is 70.0 Å². The predicted molar refractivity (Wildman–Crippen MR) is 118 cm³/mol. The van der Waals surface area contributed by atoms with Crippen LogP contribution in [0.1, 0.15) is 38.8 Å². The van der Waals surface area contributed by atoms with Crippen molar-refractivity contribution in [3.63, 3.8) is 0 Å². The summed E-state index contributed by atoms with van der Waals surface area (Å²) in [6.45, 7) is 6.59.